The maximum Gasteiger partial charge on any atom is 0.263 e. The summed E-state index contributed by atoms with van der Waals surface area (Å²) in [6.45, 7) is 0.544. The average molecular weight is 617 g/mol. The third kappa shape index (κ3) is 4.44. The first-order valence-electron chi connectivity index (χ1n) is 14.5. The van der Waals surface area contributed by atoms with Crippen LogP contribution in [-0.4, -0.2) is 70.4 Å². The molecule has 45 heavy (non-hydrogen) atoms. The number of hydrogen-bond acceptors (Lipinski definition) is 8. The Morgan fingerprint density at radius 1 is 0.889 bits per heavy atom. The number of fused-ring (bicyclic) bond motifs is 1. The van der Waals surface area contributed by atoms with Crippen molar-refractivity contribution in [3.05, 3.63) is 138 Å². The van der Waals surface area contributed by atoms with Crippen LogP contribution in [0.1, 0.15) is 27.0 Å². The zero-order chi connectivity index (χ0) is 31.3. The van der Waals surface area contributed by atoms with Crippen molar-refractivity contribution in [3.8, 4) is 6.07 Å². The van der Waals surface area contributed by atoms with Crippen LogP contribution in [0.15, 0.2) is 120 Å². The van der Waals surface area contributed by atoms with Gasteiger partial charge in [0, 0.05) is 74.4 Å². The number of rotatable bonds is 7. The Balaban J connectivity index is 1.30. The fourth-order valence-corrected chi connectivity index (χ4v) is 8.42. The van der Waals surface area contributed by atoms with Crippen LogP contribution in [0.5, 0.6) is 0 Å². The molecule has 4 heterocycles. The van der Waals surface area contributed by atoms with E-state index in [1.54, 1.807) is 116 Å². The number of nitrogens with zero attached hydrogens (tertiary/aromatic N) is 6. The number of allylic oxidation sites excluding steroid dienone is 1. The van der Waals surface area contributed by atoms with E-state index in [9.17, 15) is 23.3 Å². The van der Waals surface area contributed by atoms with Crippen molar-refractivity contribution in [1.29, 1.82) is 5.26 Å². The van der Waals surface area contributed by atoms with Crippen LogP contribution in [0, 0.1) is 23.2 Å². The third-order valence-electron chi connectivity index (χ3n) is 9.17. The zero-order valence-electron chi connectivity index (χ0n) is 24.3. The van der Waals surface area contributed by atoms with Crippen LogP contribution in [0.25, 0.3) is 0 Å². The standard InChI is InChI=1S/C34H28N6O4S/c1-38-31(19-30(41)24-9-7-23(20-35)8-10-24)40(32-28-21-39(22-29(28)32)45(43,44)27-5-3-2-4-6-27)33(42)34(38,25-11-15-36-16-12-25)26-13-17-37-18-14-26/h2-19,28-29,32H,21-22H2,1H3/t28-,29-/m0/s1. The van der Waals surface area contributed by atoms with Crippen LogP contribution >= 0.6 is 0 Å². The zero-order valence-corrected chi connectivity index (χ0v) is 25.1. The summed E-state index contributed by atoms with van der Waals surface area (Å²) in [4.78, 5) is 40.8. The third-order valence-corrected chi connectivity index (χ3v) is 11.0. The predicted octanol–water partition coefficient (Wildman–Crippen LogP) is 3.41. The second-order valence-corrected chi connectivity index (χ2v) is 13.4. The number of carbonyl (C=O) groups excluding carboxylic acids is 2. The van der Waals surface area contributed by atoms with E-state index >= 15 is 0 Å². The molecular weight excluding hydrogens is 588 g/mol. The summed E-state index contributed by atoms with van der Waals surface area (Å²) >= 11 is 0. The second-order valence-electron chi connectivity index (χ2n) is 11.4. The summed E-state index contributed by atoms with van der Waals surface area (Å²) in [5.74, 6) is -0.337. The number of pyridine rings is 2. The smallest absolute Gasteiger partial charge is 0.263 e. The van der Waals surface area contributed by atoms with Crippen molar-refractivity contribution in [2.75, 3.05) is 20.1 Å². The maximum atomic E-state index is 15.0. The Bertz CT molecular complexity index is 1910. The van der Waals surface area contributed by atoms with Crippen LogP contribution in [0.3, 0.4) is 0 Å². The molecule has 7 rings (SSSR count). The van der Waals surface area contributed by atoms with E-state index in [0.29, 0.717) is 28.1 Å². The molecule has 10 nitrogen and oxygen atoms in total. The SMILES string of the molecule is CN1C(=CC(=O)c2ccc(C#N)cc2)N(C2[C@H]3CN(S(=O)(=O)c4ccccc4)C[C@H]23)C(=O)C1(c1ccncc1)c1ccncc1. The van der Waals surface area contributed by atoms with Gasteiger partial charge in [-0.25, -0.2) is 8.42 Å². The monoisotopic (exact) mass is 616 g/mol. The molecule has 0 radical (unpaired) electrons. The molecular formula is C34H28N6O4S. The molecule has 224 valence electrons. The van der Waals surface area contributed by atoms with Crippen molar-refractivity contribution < 1.29 is 18.0 Å². The van der Waals surface area contributed by atoms with E-state index in [2.05, 4.69) is 16.0 Å². The molecule has 11 heteroatoms. The number of piperidine rings is 1. The molecule has 1 amide bonds. The van der Waals surface area contributed by atoms with Crippen molar-refractivity contribution in [1.82, 2.24) is 24.1 Å². The molecule has 0 unspecified atom stereocenters. The van der Waals surface area contributed by atoms with Crippen LogP contribution in [-0.2, 0) is 20.4 Å². The summed E-state index contributed by atoms with van der Waals surface area (Å²) in [7, 11) is -1.89. The fourth-order valence-electron chi connectivity index (χ4n) is 6.88. The number of sulfonamides is 1. The predicted molar refractivity (Wildman–Crippen MR) is 163 cm³/mol. The molecule has 3 aliphatic rings. The number of aromatic nitrogens is 2. The minimum atomic E-state index is -3.68. The first kappa shape index (κ1) is 28.6. The summed E-state index contributed by atoms with van der Waals surface area (Å²) < 4.78 is 28.2. The second kappa shape index (κ2) is 10.8. The Morgan fingerprint density at radius 3 is 1.98 bits per heavy atom. The van der Waals surface area contributed by atoms with Gasteiger partial charge < -0.3 is 4.90 Å². The minimum absolute atomic E-state index is 0.0973. The van der Waals surface area contributed by atoms with E-state index in [1.807, 2.05) is 4.90 Å². The number of likely N-dealkylation sites (N-methyl/N-ethyl adjacent to an activating group) is 1. The highest BCUT2D eigenvalue weighted by atomic mass is 32.2. The van der Waals surface area contributed by atoms with Crippen molar-refractivity contribution in [2.24, 2.45) is 11.8 Å². The van der Waals surface area contributed by atoms with Gasteiger partial charge >= 0.3 is 0 Å². The molecule has 2 aromatic heterocycles. The quantitative estimate of drug-likeness (QED) is 0.228. The number of ketones is 1. The number of amides is 1. The molecule has 2 atom stereocenters. The normalized spacial score (nSPS) is 23.2. The van der Waals surface area contributed by atoms with Gasteiger partial charge in [0.2, 0.25) is 10.0 Å². The number of benzene rings is 2. The van der Waals surface area contributed by atoms with Crippen LogP contribution in [0.2, 0.25) is 0 Å². The lowest BCUT2D eigenvalue weighted by molar-refractivity contribution is -0.132. The van der Waals surface area contributed by atoms with Crippen LogP contribution < -0.4 is 0 Å². The van der Waals surface area contributed by atoms with Crippen molar-refractivity contribution in [2.45, 2.75) is 16.5 Å². The summed E-state index contributed by atoms with van der Waals surface area (Å²) in [6, 6.07) is 23.6. The first-order chi connectivity index (χ1) is 21.8. The van der Waals surface area contributed by atoms with E-state index in [4.69, 9.17) is 0 Å². The fraction of sp³-hybridized carbons (Fsp3) is 0.206. The summed E-state index contributed by atoms with van der Waals surface area (Å²) in [5, 5.41) is 9.20. The highest BCUT2D eigenvalue weighted by Crippen LogP contribution is 2.56. The van der Waals surface area contributed by atoms with Gasteiger partial charge in [0.1, 0.15) is 5.82 Å². The van der Waals surface area contributed by atoms with E-state index < -0.39 is 15.6 Å². The number of hydrogen-bond donors (Lipinski definition) is 0. The molecule has 0 N–H and O–H groups in total. The van der Waals surface area contributed by atoms with Gasteiger partial charge in [-0.3, -0.25) is 24.5 Å². The minimum Gasteiger partial charge on any atom is -0.339 e. The van der Waals surface area contributed by atoms with E-state index in [1.165, 1.54) is 10.4 Å². The van der Waals surface area contributed by atoms with Gasteiger partial charge in [-0.15, -0.1) is 0 Å². The lowest BCUT2D eigenvalue weighted by Crippen LogP contribution is -2.46. The molecule has 4 aromatic rings. The van der Waals surface area contributed by atoms with Gasteiger partial charge in [-0.05, 0) is 71.8 Å². The van der Waals surface area contributed by atoms with Gasteiger partial charge in [0.05, 0.1) is 16.5 Å². The Labute approximate surface area is 260 Å². The lowest BCUT2D eigenvalue weighted by Gasteiger charge is -2.35. The largest absolute Gasteiger partial charge is 0.339 e. The molecule has 1 aliphatic carbocycles. The molecule has 2 aliphatic heterocycles. The molecule has 2 aromatic carbocycles. The van der Waals surface area contributed by atoms with Gasteiger partial charge in [0.25, 0.3) is 5.91 Å². The first-order valence-corrected chi connectivity index (χ1v) is 15.9. The molecule has 2 saturated heterocycles. The topological polar surface area (TPSA) is 128 Å². The lowest BCUT2D eigenvalue weighted by atomic mass is 9.82. The van der Waals surface area contributed by atoms with Crippen molar-refractivity contribution in [3.63, 3.8) is 0 Å². The molecule has 3 fully saturated rings. The Morgan fingerprint density at radius 2 is 1.44 bits per heavy atom. The van der Waals surface area contributed by atoms with Crippen LogP contribution in [0.4, 0.5) is 0 Å². The van der Waals surface area contributed by atoms with E-state index in [-0.39, 0.29) is 47.6 Å². The molecule has 0 bridgehead atoms. The highest BCUT2D eigenvalue weighted by Gasteiger charge is 2.67. The van der Waals surface area contributed by atoms with Crippen molar-refractivity contribution >= 4 is 21.7 Å². The average Bonchev–Trinajstić information content (AvgIpc) is 3.44. The summed E-state index contributed by atoms with van der Waals surface area (Å²) in [5.41, 5.74) is 0.840. The number of nitriles is 1. The Kier molecular flexibility index (Phi) is 6.84. The number of carbonyl (C=O) groups is 2. The maximum absolute atomic E-state index is 15.0. The molecule has 1 saturated carbocycles. The van der Waals surface area contributed by atoms with E-state index in [0.717, 1.165) is 0 Å². The Hall–Kier alpha value is -5.18. The summed E-state index contributed by atoms with van der Waals surface area (Å²) in [6.07, 6.45) is 7.99. The highest BCUT2D eigenvalue weighted by molar-refractivity contribution is 7.89. The van der Waals surface area contributed by atoms with Gasteiger partial charge in [-0.2, -0.15) is 9.57 Å². The van der Waals surface area contributed by atoms with Gasteiger partial charge in [0.15, 0.2) is 11.3 Å². The van der Waals surface area contributed by atoms with Gasteiger partial charge in [-0.1, -0.05) is 18.2 Å². The molecule has 0 spiro atoms.